The third kappa shape index (κ3) is 3.95. The second-order valence-corrected chi connectivity index (χ2v) is 8.18. The van der Waals surface area contributed by atoms with Crippen LogP contribution in [0.25, 0.3) is 0 Å². The molecule has 0 spiro atoms. The van der Waals surface area contributed by atoms with Gasteiger partial charge in [-0.2, -0.15) is 0 Å². The highest BCUT2D eigenvalue weighted by Gasteiger charge is 2.26. The second-order valence-electron chi connectivity index (χ2n) is 7.12. The van der Waals surface area contributed by atoms with Crippen molar-refractivity contribution in [3.8, 4) is 0 Å². The van der Waals surface area contributed by atoms with E-state index in [0.717, 1.165) is 13.1 Å². The van der Waals surface area contributed by atoms with Crippen molar-refractivity contribution in [2.45, 2.75) is 59.4 Å². The van der Waals surface area contributed by atoms with Crippen LogP contribution in [-0.4, -0.2) is 25.1 Å². The summed E-state index contributed by atoms with van der Waals surface area (Å²) >= 11 is 1.90. The normalized spacial score (nSPS) is 18.9. The molecule has 0 bridgehead atoms. The van der Waals surface area contributed by atoms with Crippen molar-refractivity contribution in [3.63, 3.8) is 0 Å². The summed E-state index contributed by atoms with van der Waals surface area (Å²) in [5, 5.41) is 4.84. The van der Waals surface area contributed by atoms with Gasteiger partial charge in [0.2, 0.25) is 0 Å². The van der Waals surface area contributed by atoms with Crippen molar-refractivity contribution in [3.05, 3.63) is 10.6 Å². The number of hydrogen-bond donors (Lipinski definition) is 1. The molecule has 1 N–H and O–H groups in total. The maximum absolute atomic E-state index is 4.95. The van der Waals surface area contributed by atoms with Gasteiger partial charge in [-0.3, -0.25) is 0 Å². The van der Waals surface area contributed by atoms with Gasteiger partial charge in [-0.15, -0.1) is 11.3 Å². The molecular formula is C16H29N3S. The van der Waals surface area contributed by atoms with Crippen LogP contribution in [0.2, 0.25) is 0 Å². The van der Waals surface area contributed by atoms with E-state index in [1.54, 1.807) is 0 Å². The van der Waals surface area contributed by atoms with Crippen LogP contribution >= 0.6 is 11.3 Å². The lowest BCUT2D eigenvalue weighted by atomic mass is 9.96. The quantitative estimate of drug-likeness (QED) is 0.890. The SMILES string of the molecule is CCCNC1CCCc2sc(N(C)CC(C)(C)C)nc21. The first-order valence-electron chi connectivity index (χ1n) is 7.85. The molecule has 0 fully saturated rings. The van der Waals surface area contributed by atoms with Crippen LogP contribution in [0.15, 0.2) is 0 Å². The summed E-state index contributed by atoms with van der Waals surface area (Å²) in [6, 6.07) is 0.478. The minimum Gasteiger partial charge on any atom is -0.351 e. The van der Waals surface area contributed by atoms with Crippen LogP contribution in [0.4, 0.5) is 5.13 Å². The van der Waals surface area contributed by atoms with Crippen LogP contribution in [0.5, 0.6) is 0 Å². The number of aromatic nitrogens is 1. The number of fused-ring (bicyclic) bond motifs is 1. The van der Waals surface area contributed by atoms with Gasteiger partial charge in [0.1, 0.15) is 0 Å². The van der Waals surface area contributed by atoms with Crippen LogP contribution in [0, 0.1) is 5.41 Å². The van der Waals surface area contributed by atoms with Crippen molar-refractivity contribution in [1.29, 1.82) is 0 Å². The van der Waals surface area contributed by atoms with Crippen LogP contribution in [0.1, 0.15) is 63.6 Å². The fourth-order valence-electron chi connectivity index (χ4n) is 2.87. The Hall–Kier alpha value is -0.610. The number of nitrogens with zero attached hydrogens (tertiary/aromatic N) is 2. The predicted octanol–water partition coefficient (Wildman–Crippen LogP) is 4.00. The lowest BCUT2D eigenvalue weighted by Gasteiger charge is -2.26. The van der Waals surface area contributed by atoms with E-state index >= 15 is 0 Å². The molecule has 1 aliphatic rings. The van der Waals surface area contributed by atoms with E-state index in [9.17, 15) is 0 Å². The number of aryl methyl sites for hydroxylation is 1. The Morgan fingerprint density at radius 3 is 2.80 bits per heavy atom. The Morgan fingerprint density at radius 1 is 1.40 bits per heavy atom. The third-order valence-electron chi connectivity index (χ3n) is 3.62. The van der Waals surface area contributed by atoms with Gasteiger partial charge < -0.3 is 10.2 Å². The first kappa shape index (κ1) is 15.8. The van der Waals surface area contributed by atoms with Crippen LogP contribution in [0.3, 0.4) is 0 Å². The molecule has 1 unspecified atom stereocenters. The predicted molar refractivity (Wildman–Crippen MR) is 88.8 cm³/mol. The van der Waals surface area contributed by atoms with Gasteiger partial charge in [-0.25, -0.2) is 4.98 Å². The average Bonchev–Trinajstić information content (AvgIpc) is 2.78. The van der Waals surface area contributed by atoms with E-state index in [-0.39, 0.29) is 0 Å². The monoisotopic (exact) mass is 295 g/mol. The Morgan fingerprint density at radius 2 is 2.15 bits per heavy atom. The van der Waals surface area contributed by atoms with Gasteiger partial charge >= 0.3 is 0 Å². The largest absolute Gasteiger partial charge is 0.351 e. The van der Waals surface area contributed by atoms with Crippen molar-refractivity contribution >= 4 is 16.5 Å². The van der Waals surface area contributed by atoms with Gasteiger partial charge in [0.25, 0.3) is 0 Å². The number of rotatable bonds is 5. The number of nitrogens with one attached hydrogen (secondary N) is 1. The maximum atomic E-state index is 4.95. The van der Waals surface area contributed by atoms with E-state index in [1.165, 1.54) is 41.4 Å². The number of thiazole rings is 1. The topological polar surface area (TPSA) is 28.2 Å². The Balaban J connectivity index is 2.12. The highest BCUT2D eigenvalue weighted by Crippen LogP contribution is 2.37. The molecule has 1 aromatic heterocycles. The molecule has 0 amide bonds. The highest BCUT2D eigenvalue weighted by molar-refractivity contribution is 7.15. The zero-order valence-electron chi connectivity index (χ0n) is 13.6. The summed E-state index contributed by atoms with van der Waals surface area (Å²) in [6.07, 6.45) is 4.92. The molecule has 0 aromatic carbocycles. The van der Waals surface area contributed by atoms with E-state index in [1.807, 2.05) is 11.3 Å². The summed E-state index contributed by atoms with van der Waals surface area (Å²) in [4.78, 5) is 8.77. The van der Waals surface area contributed by atoms with Gasteiger partial charge in [-0.05, 0) is 37.6 Å². The minimum atomic E-state index is 0.306. The average molecular weight is 295 g/mol. The van der Waals surface area contributed by atoms with Crippen LogP contribution in [-0.2, 0) is 6.42 Å². The van der Waals surface area contributed by atoms with Gasteiger partial charge in [0, 0.05) is 18.5 Å². The summed E-state index contributed by atoms with van der Waals surface area (Å²) in [5.41, 5.74) is 1.63. The molecule has 4 heteroatoms. The van der Waals surface area contributed by atoms with E-state index < -0.39 is 0 Å². The summed E-state index contributed by atoms with van der Waals surface area (Å²) in [5.74, 6) is 0. The molecular weight excluding hydrogens is 266 g/mol. The maximum Gasteiger partial charge on any atom is 0.185 e. The van der Waals surface area contributed by atoms with Crippen molar-refractivity contribution in [1.82, 2.24) is 10.3 Å². The summed E-state index contributed by atoms with van der Waals surface area (Å²) < 4.78 is 0. The lowest BCUT2D eigenvalue weighted by Crippen LogP contribution is -2.29. The molecule has 3 nitrogen and oxygen atoms in total. The summed E-state index contributed by atoms with van der Waals surface area (Å²) in [7, 11) is 2.17. The van der Waals surface area contributed by atoms with E-state index in [4.69, 9.17) is 4.98 Å². The second kappa shape index (κ2) is 6.44. The first-order valence-corrected chi connectivity index (χ1v) is 8.66. The zero-order chi connectivity index (χ0) is 14.8. The van der Waals surface area contributed by atoms with Crippen molar-refractivity contribution < 1.29 is 0 Å². The fourth-order valence-corrected chi connectivity index (χ4v) is 3.99. The van der Waals surface area contributed by atoms with Crippen molar-refractivity contribution in [2.24, 2.45) is 5.41 Å². The summed E-state index contributed by atoms with van der Waals surface area (Å²) in [6.45, 7) is 11.2. The Labute approximate surface area is 127 Å². The molecule has 1 atom stereocenters. The third-order valence-corrected chi connectivity index (χ3v) is 4.87. The van der Waals surface area contributed by atoms with Crippen LogP contribution < -0.4 is 10.2 Å². The molecule has 1 aliphatic carbocycles. The Bertz CT molecular complexity index is 433. The van der Waals surface area contributed by atoms with Gasteiger partial charge in [0.05, 0.1) is 11.7 Å². The molecule has 1 heterocycles. The fraction of sp³-hybridized carbons (Fsp3) is 0.812. The molecule has 0 aliphatic heterocycles. The lowest BCUT2D eigenvalue weighted by molar-refractivity contribution is 0.418. The number of anilines is 1. The highest BCUT2D eigenvalue weighted by atomic mass is 32.1. The van der Waals surface area contributed by atoms with Gasteiger partial charge in [-0.1, -0.05) is 27.7 Å². The Kier molecular flexibility index (Phi) is 5.08. The smallest absolute Gasteiger partial charge is 0.185 e. The van der Waals surface area contributed by atoms with Crippen molar-refractivity contribution in [2.75, 3.05) is 25.0 Å². The number of hydrogen-bond acceptors (Lipinski definition) is 4. The minimum absolute atomic E-state index is 0.306. The molecule has 0 radical (unpaired) electrons. The molecule has 114 valence electrons. The molecule has 20 heavy (non-hydrogen) atoms. The van der Waals surface area contributed by atoms with E-state index in [2.05, 4.69) is 45.0 Å². The molecule has 2 rings (SSSR count). The first-order chi connectivity index (χ1) is 9.40. The van der Waals surface area contributed by atoms with E-state index in [0.29, 0.717) is 11.5 Å². The standard InChI is InChI=1S/C16H29N3S/c1-6-10-17-12-8-7-9-13-14(12)18-15(20-13)19(5)11-16(2,3)4/h12,17H,6-11H2,1-5H3. The molecule has 0 saturated heterocycles. The van der Waals surface area contributed by atoms with Gasteiger partial charge in [0.15, 0.2) is 5.13 Å². The molecule has 0 saturated carbocycles. The zero-order valence-corrected chi connectivity index (χ0v) is 14.4. The molecule has 1 aromatic rings.